The van der Waals surface area contributed by atoms with E-state index in [1.54, 1.807) is 0 Å². The summed E-state index contributed by atoms with van der Waals surface area (Å²) in [7, 11) is 0. The number of ether oxygens (including phenoxy) is 2. The lowest BCUT2D eigenvalue weighted by Crippen LogP contribution is -2.29. The molecule has 0 saturated carbocycles. The Bertz CT molecular complexity index is 391. The average Bonchev–Trinajstić information content (AvgIpc) is 2.88. The van der Waals surface area contributed by atoms with E-state index in [0.717, 1.165) is 38.4 Å². The lowest BCUT2D eigenvalue weighted by Gasteiger charge is -2.21. The molecule has 0 aliphatic carbocycles. The van der Waals surface area contributed by atoms with E-state index in [0.29, 0.717) is 17.5 Å². The standard InChI is InChI=1S/C11H17N3O3S/c12-14-10(15)11-13-9(7-18-11)6-17-5-8-1-3-16-4-2-8/h7-8H,1-6,12H2,(H,14,15). The Labute approximate surface area is 109 Å². The monoisotopic (exact) mass is 271 g/mol. The van der Waals surface area contributed by atoms with E-state index in [4.69, 9.17) is 15.3 Å². The van der Waals surface area contributed by atoms with Crippen molar-refractivity contribution in [3.8, 4) is 0 Å². The number of nitrogens with zero attached hydrogens (tertiary/aromatic N) is 1. The summed E-state index contributed by atoms with van der Waals surface area (Å²) >= 11 is 1.27. The van der Waals surface area contributed by atoms with Gasteiger partial charge in [-0.15, -0.1) is 11.3 Å². The summed E-state index contributed by atoms with van der Waals surface area (Å²) in [6, 6.07) is 0. The van der Waals surface area contributed by atoms with Gasteiger partial charge in [-0.3, -0.25) is 10.2 Å². The molecule has 1 aromatic rings. The molecule has 100 valence electrons. The van der Waals surface area contributed by atoms with Crippen molar-refractivity contribution in [2.75, 3.05) is 19.8 Å². The maximum Gasteiger partial charge on any atom is 0.294 e. The van der Waals surface area contributed by atoms with Gasteiger partial charge in [-0.05, 0) is 18.8 Å². The largest absolute Gasteiger partial charge is 0.381 e. The van der Waals surface area contributed by atoms with Crippen molar-refractivity contribution in [1.82, 2.24) is 10.4 Å². The van der Waals surface area contributed by atoms with Crippen LogP contribution in [0.1, 0.15) is 28.3 Å². The molecule has 0 atom stereocenters. The highest BCUT2D eigenvalue weighted by molar-refractivity contribution is 7.11. The van der Waals surface area contributed by atoms with Crippen LogP contribution in [-0.2, 0) is 16.1 Å². The molecule has 1 fully saturated rings. The number of amides is 1. The van der Waals surface area contributed by atoms with E-state index in [-0.39, 0.29) is 5.91 Å². The molecule has 1 aliphatic heterocycles. The van der Waals surface area contributed by atoms with Crippen LogP contribution in [0.4, 0.5) is 0 Å². The van der Waals surface area contributed by atoms with E-state index in [9.17, 15) is 4.79 Å². The van der Waals surface area contributed by atoms with Gasteiger partial charge in [-0.2, -0.15) is 0 Å². The number of rotatable bonds is 5. The first kappa shape index (κ1) is 13.4. The molecule has 6 nitrogen and oxygen atoms in total. The molecule has 1 aliphatic rings. The topological polar surface area (TPSA) is 86.5 Å². The van der Waals surface area contributed by atoms with Crippen LogP contribution in [0.25, 0.3) is 0 Å². The van der Waals surface area contributed by atoms with E-state index in [1.807, 2.05) is 5.38 Å². The molecule has 7 heteroatoms. The average molecular weight is 271 g/mol. The molecule has 0 unspecified atom stereocenters. The minimum atomic E-state index is -0.365. The SMILES string of the molecule is NNC(=O)c1nc(COCC2CCOCC2)cs1. The van der Waals surface area contributed by atoms with Crippen molar-refractivity contribution in [3.63, 3.8) is 0 Å². The van der Waals surface area contributed by atoms with Gasteiger partial charge in [0.25, 0.3) is 5.91 Å². The van der Waals surface area contributed by atoms with E-state index >= 15 is 0 Å². The highest BCUT2D eigenvalue weighted by Gasteiger charge is 2.14. The minimum absolute atomic E-state index is 0.363. The summed E-state index contributed by atoms with van der Waals surface area (Å²) in [4.78, 5) is 15.3. The molecule has 0 aromatic carbocycles. The summed E-state index contributed by atoms with van der Waals surface area (Å²) in [6.07, 6.45) is 2.11. The Kier molecular flexibility index (Phi) is 5.06. The summed E-state index contributed by atoms with van der Waals surface area (Å²) in [6.45, 7) is 2.81. The molecule has 18 heavy (non-hydrogen) atoms. The van der Waals surface area contributed by atoms with Crippen LogP contribution in [0.5, 0.6) is 0 Å². The fourth-order valence-corrected chi connectivity index (χ4v) is 2.49. The third kappa shape index (κ3) is 3.74. The van der Waals surface area contributed by atoms with Gasteiger partial charge in [0.2, 0.25) is 0 Å². The molecule has 0 spiro atoms. The van der Waals surface area contributed by atoms with Gasteiger partial charge in [0, 0.05) is 18.6 Å². The maximum absolute atomic E-state index is 11.2. The van der Waals surface area contributed by atoms with Crippen LogP contribution >= 0.6 is 11.3 Å². The van der Waals surface area contributed by atoms with Gasteiger partial charge >= 0.3 is 0 Å². The zero-order valence-electron chi connectivity index (χ0n) is 10.1. The maximum atomic E-state index is 11.2. The molecule has 1 amide bonds. The summed E-state index contributed by atoms with van der Waals surface area (Å²) < 4.78 is 10.9. The first-order chi connectivity index (χ1) is 8.79. The lowest BCUT2D eigenvalue weighted by atomic mass is 10.0. The molecule has 2 heterocycles. The second-order valence-corrected chi connectivity index (χ2v) is 5.05. The number of nitrogens with two attached hydrogens (primary N) is 1. The smallest absolute Gasteiger partial charge is 0.294 e. The molecule has 0 bridgehead atoms. The van der Waals surface area contributed by atoms with Crippen molar-refractivity contribution < 1.29 is 14.3 Å². The Morgan fingerprint density at radius 2 is 2.39 bits per heavy atom. The molecular formula is C11H17N3O3S. The van der Waals surface area contributed by atoms with Crippen LogP contribution in [-0.4, -0.2) is 30.7 Å². The normalized spacial score (nSPS) is 16.7. The van der Waals surface area contributed by atoms with Crippen molar-refractivity contribution >= 4 is 17.2 Å². The highest BCUT2D eigenvalue weighted by atomic mass is 32.1. The van der Waals surface area contributed by atoms with Gasteiger partial charge in [-0.1, -0.05) is 0 Å². The van der Waals surface area contributed by atoms with Crippen molar-refractivity contribution in [1.29, 1.82) is 0 Å². The molecule has 2 rings (SSSR count). The van der Waals surface area contributed by atoms with Crippen molar-refractivity contribution in [2.45, 2.75) is 19.4 Å². The minimum Gasteiger partial charge on any atom is -0.381 e. The van der Waals surface area contributed by atoms with Crippen LogP contribution < -0.4 is 11.3 Å². The van der Waals surface area contributed by atoms with E-state index in [1.165, 1.54) is 11.3 Å². The molecule has 0 radical (unpaired) electrons. The number of thiazole rings is 1. The fourth-order valence-electron chi connectivity index (χ4n) is 1.78. The quantitative estimate of drug-likeness (QED) is 0.467. The van der Waals surface area contributed by atoms with E-state index < -0.39 is 0 Å². The lowest BCUT2D eigenvalue weighted by molar-refractivity contribution is 0.0151. The van der Waals surface area contributed by atoms with Crippen LogP contribution in [0.3, 0.4) is 0 Å². The van der Waals surface area contributed by atoms with Gasteiger partial charge in [-0.25, -0.2) is 10.8 Å². The van der Waals surface area contributed by atoms with Gasteiger partial charge < -0.3 is 9.47 Å². The number of hydrogen-bond donors (Lipinski definition) is 2. The number of hydrogen-bond acceptors (Lipinski definition) is 6. The number of carbonyl (C=O) groups is 1. The third-order valence-electron chi connectivity index (χ3n) is 2.82. The highest BCUT2D eigenvalue weighted by Crippen LogP contribution is 2.16. The van der Waals surface area contributed by atoms with Crippen LogP contribution in [0, 0.1) is 5.92 Å². The number of nitrogen functional groups attached to an aromatic ring is 1. The number of hydrazine groups is 1. The Balaban J connectivity index is 1.72. The Hall–Kier alpha value is -1.02. The summed E-state index contributed by atoms with van der Waals surface area (Å²) in [5.74, 6) is 5.24. The fraction of sp³-hybridized carbons (Fsp3) is 0.636. The van der Waals surface area contributed by atoms with Gasteiger partial charge in [0.15, 0.2) is 5.01 Å². The second kappa shape index (κ2) is 6.79. The van der Waals surface area contributed by atoms with Crippen molar-refractivity contribution in [2.24, 2.45) is 11.8 Å². The van der Waals surface area contributed by atoms with Crippen LogP contribution in [0.2, 0.25) is 0 Å². The first-order valence-corrected chi connectivity index (χ1v) is 6.78. The Morgan fingerprint density at radius 1 is 1.61 bits per heavy atom. The van der Waals surface area contributed by atoms with Gasteiger partial charge in [0.05, 0.1) is 18.9 Å². The first-order valence-electron chi connectivity index (χ1n) is 5.90. The second-order valence-electron chi connectivity index (χ2n) is 4.19. The predicted octanol–water partition coefficient (Wildman–Crippen LogP) is 0.690. The molecule has 1 saturated heterocycles. The number of carbonyl (C=O) groups excluding carboxylic acids is 1. The molecule has 3 N–H and O–H groups in total. The molecular weight excluding hydrogens is 254 g/mol. The van der Waals surface area contributed by atoms with Gasteiger partial charge in [0.1, 0.15) is 0 Å². The number of nitrogens with one attached hydrogen (secondary N) is 1. The summed E-state index contributed by atoms with van der Waals surface area (Å²) in [5, 5.41) is 2.18. The third-order valence-corrected chi connectivity index (χ3v) is 3.71. The molecule has 1 aromatic heterocycles. The Morgan fingerprint density at radius 3 is 3.11 bits per heavy atom. The zero-order chi connectivity index (χ0) is 12.8. The number of aromatic nitrogens is 1. The predicted molar refractivity (Wildman–Crippen MR) is 67.0 cm³/mol. The van der Waals surface area contributed by atoms with Crippen LogP contribution in [0.15, 0.2) is 5.38 Å². The van der Waals surface area contributed by atoms with E-state index in [2.05, 4.69) is 10.4 Å². The summed E-state index contributed by atoms with van der Waals surface area (Å²) in [5.41, 5.74) is 2.83. The van der Waals surface area contributed by atoms with Crippen molar-refractivity contribution in [3.05, 3.63) is 16.1 Å². The zero-order valence-corrected chi connectivity index (χ0v) is 10.9.